The van der Waals surface area contributed by atoms with Crippen LogP contribution in [0.5, 0.6) is 0 Å². The molecule has 1 saturated heterocycles. The maximum atomic E-state index is 12.4. The minimum atomic E-state index is -3.62. The molecule has 1 aliphatic carbocycles. The van der Waals surface area contributed by atoms with Gasteiger partial charge >= 0.3 is 5.97 Å². The third-order valence-corrected chi connectivity index (χ3v) is 6.05. The van der Waals surface area contributed by atoms with E-state index in [-0.39, 0.29) is 12.5 Å². The van der Waals surface area contributed by atoms with Gasteiger partial charge in [-0.15, -0.1) is 0 Å². The third-order valence-electron chi connectivity index (χ3n) is 3.99. The number of sulfone groups is 1. The van der Waals surface area contributed by atoms with E-state index >= 15 is 0 Å². The molecule has 0 aromatic heterocycles. The molecule has 2 unspecified atom stereocenters. The van der Waals surface area contributed by atoms with Gasteiger partial charge in [0.25, 0.3) is 0 Å². The quantitative estimate of drug-likeness (QED) is 0.697. The zero-order valence-electron chi connectivity index (χ0n) is 11.8. The molecule has 8 heteroatoms. The molecule has 1 heterocycles. The van der Waals surface area contributed by atoms with Gasteiger partial charge in [0.15, 0.2) is 15.6 Å². The van der Waals surface area contributed by atoms with Crippen LogP contribution < -0.4 is 5.32 Å². The van der Waals surface area contributed by atoms with E-state index in [1.807, 2.05) is 0 Å². The van der Waals surface area contributed by atoms with Crippen LogP contribution in [0.25, 0.3) is 0 Å². The van der Waals surface area contributed by atoms with E-state index in [0.717, 1.165) is 0 Å². The number of rotatable bonds is 4. The van der Waals surface area contributed by atoms with Crippen molar-refractivity contribution in [3.63, 3.8) is 0 Å². The number of esters is 1. The number of carbonyl (C=O) groups is 1. The number of nitrogens with one attached hydrogen (secondary N) is 1. The maximum Gasteiger partial charge on any atom is 0.320 e. The van der Waals surface area contributed by atoms with E-state index in [1.54, 1.807) is 7.05 Å². The molecule has 2 rings (SSSR count). The molecule has 1 N–H and O–H groups in total. The van der Waals surface area contributed by atoms with Crippen molar-refractivity contribution in [3.05, 3.63) is 0 Å². The molecule has 0 radical (unpaired) electrons. The van der Waals surface area contributed by atoms with Gasteiger partial charge < -0.3 is 19.5 Å². The molecule has 0 bridgehead atoms. The monoisotopic (exact) mass is 307 g/mol. The first-order chi connectivity index (χ1) is 9.42. The Morgan fingerprint density at radius 2 is 2.05 bits per heavy atom. The summed E-state index contributed by atoms with van der Waals surface area (Å²) < 4.78 is 40.5. The smallest absolute Gasteiger partial charge is 0.320 e. The molecule has 1 aliphatic heterocycles. The molecular formula is C12H21NO6S. The fourth-order valence-electron chi connectivity index (χ4n) is 2.91. The highest BCUT2D eigenvalue weighted by atomic mass is 32.2. The lowest BCUT2D eigenvalue weighted by Crippen LogP contribution is -2.54. The molecule has 2 atom stereocenters. The van der Waals surface area contributed by atoms with Crippen molar-refractivity contribution in [3.8, 4) is 0 Å². The average Bonchev–Trinajstić information content (AvgIpc) is 2.86. The third kappa shape index (κ3) is 3.13. The van der Waals surface area contributed by atoms with Crippen molar-refractivity contribution in [1.29, 1.82) is 0 Å². The summed E-state index contributed by atoms with van der Waals surface area (Å²) in [5.41, 5.74) is 0. The number of hydrogen-bond acceptors (Lipinski definition) is 7. The highest BCUT2D eigenvalue weighted by Gasteiger charge is 2.49. The first kappa shape index (κ1) is 15.7. The van der Waals surface area contributed by atoms with E-state index in [4.69, 9.17) is 9.47 Å². The fourth-order valence-corrected chi connectivity index (χ4v) is 4.85. The fraction of sp³-hybridized carbons (Fsp3) is 0.917. The summed E-state index contributed by atoms with van der Waals surface area (Å²) >= 11 is 0. The first-order valence-corrected chi connectivity index (χ1v) is 8.37. The van der Waals surface area contributed by atoms with Gasteiger partial charge in [-0.3, -0.25) is 4.79 Å². The summed E-state index contributed by atoms with van der Waals surface area (Å²) in [6.45, 7) is 0.960. The van der Waals surface area contributed by atoms with Gasteiger partial charge in [0.1, 0.15) is 5.75 Å². The average molecular weight is 307 g/mol. The topological polar surface area (TPSA) is 90.9 Å². The second kappa shape index (κ2) is 5.97. The van der Waals surface area contributed by atoms with Crippen molar-refractivity contribution >= 4 is 15.8 Å². The second-order valence-electron chi connectivity index (χ2n) is 5.17. The molecule has 20 heavy (non-hydrogen) atoms. The SMILES string of the molecule is CNC1CCC2(CC1S(=O)(=O)CC(=O)OC)OCCO2. The highest BCUT2D eigenvalue weighted by molar-refractivity contribution is 7.92. The van der Waals surface area contributed by atoms with Gasteiger partial charge in [-0.05, 0) is 13.5 Å². The van der Waals surface area contributed by atoms with Crippen LogP contribution >= 0.6 is 0 Å². The first-order valence-electron chi connectivity index (χ1n) is 6.66. The summed E-state index contributed by atoms with van der Waals surface area (Å²) in [5, 5.41) is 2.31. The minimum Gasteiger partial charge on any atom is -0.468 e. The van der Waals surface area contributed by atoms with Gasteiger partial charge in [-0.2, -0.15) is 0 Å². The van der Waals surface area contributed by atoms with Crippen LogP contribution in [0.15, 0.2) is 0 Å². The second-order valence-corrected chi connectivity index (χ2v) is 7.39. The van der Waals surface area contributed by atoms with Crippen molar-refractivity contribution in [2.24, 2.45) is 0 Å². The molecule has 2 aliphatic rings. The Morgan fingerprint density at radius 3 is 2.60 bits per heavy atom. The van der Waals surface area contributed by atoms with Crippen molar-refractivity contribution in [2.45, 2.75) is 36.3 Å². The normalized spacial score (nSPS) is 29.5. The number of hydrogen-bond donors (Lipinski definition) is 1. The number of carbonyl (C=O) groups excluding carboxylic acids is 1. The Kier molecular flexibility index (Phi) is 4.68. The summed E-state index contributed by atoms with van der Waals surface area (Å²) in [5.74, 6) is -2.16. The molecular weight excluding hydrogens is 286 g/mol. The van der Waals surface area contributed by atoms with Crippen molar-refractivity contribution < 1.29 is 27.4 Å². The van der Waals surface area contributed by atoms with E-state index < -0.39 is 32.6 Å². The highest BCUT2D eigenvalue weighted by Crippen LogP contribution is 2.38. The summed E-state index contributed by atoms with van der Waals surface area (Å²) in [6.07, 6.45) is 1.53. The Labute approximate surface area is 118 Å². The van der Waals surface area contributed by atoms with Gasteiger partial charge in [-0.25, -0.2) is 8.42 Å². The van der Waals surface area contributed by atoms with Gasteiger partial charge in [0, 0.05) is 18.9 Å². The lowest BCUT2D eigenvalue weighted by Gasteiger charge is -2.40. The van der Waals surface area contributed by atoms with Crippen LogP contribution in [-0.2, 0) is 28.8 Å². The summed E-state index contributed by atoms with van der Waals surface area (Å²) in [6, 6.07) is -0.205. The summed E-state index contributed by atoms with van der Waals surface area (Å²) in [7, 11) is -0.715. The lowest BCUT2D eigenvalue weighted by molar-refractivity contribution is -0.178. The Morgan fingerprint density at radius 1 is 1.40 bits per heavy atom. The molecule has 0 aromatic rings. The van der Waals surface area contributed by atoms with Gasteiger partial charge in [0.05, 0.1) is 25.6 Å². The zero-order chi connectivity index (χ0) is 14.8. The molecule has 1 spiro atoms. The van der Waals surface area contributed by atoms with Crippen LogP contribution in [0.4, 0.5) is 0 Å². The Balaban J connectivity index is 2.18. The van der Waals surface area contributed by atoms with Gasteiger partial charge in [0.2, 0.25) is 0 Å². The Hall–Kier alpha value is -0.700. The van der Waals surface area contributed by atoms with E-state index in [1.165, 1.54) is 7.11 Å². The molecule has 7 nitrogen and oxygen atoms in total. The van der Waals surface area contributed by atoms with Crippen LogP contribution in [0, 0.1) is 0 Å². The molecule has 2 fully saturated rings. The molecule has 0 aromatic carbocycles. The standard InChI is InChI=1S/C12H21NO6S/c1-13-9-3-4-12(18-5-6-19-12)7-10(9)20(15,16)8-11(14)17-2/h9-10,13H,3-8H2,1-2H3. The van der Waals surface area contributed by atoms with E-state index in [0.29, 0.717) is 26.1 Å². The van der Waals surface area contributed by atoms with Gasteiger partial charge in [-0.1, -0.05) is 0 Å². The van der Waals surface area contributed by atoms with E-state index in [2.05, 4.69) is 10.1 Å². The predicted molar refractivity (Wildman–Crippen MR) is 70.9 cm³/mol. The van der Waals surface area contributed by atoms with Crippen molar-refractivity contribution in [2.75, 3.05) is 33.1 Å². The van der Waals surface area contributed by atoms with Crippen LogP contribution in [-0.4, -0.2) is 64.6 Å². The van der Waals surface area contributed by atoms with Crippen molar-refractivity contribution in [1.82, 2.24) is 5.32 Å². The number of methoxy groups -OCH3 is 1. The lowest BCUT2D eigenvalue weighted by atomic mass is 9.89. The number of ether oxygens (including phenoxy) is 3. The van der Waals surface area contributed by atoms with Crippen LogP contribution in [0.3, 0.4) is 0 Å². The van der Waals surface area contributed by atoms with Crippen LogP contribution in [0.2, 0.25) is 0 Å². The molecule has 116 valence electrons. The maximum absolute atomic E-state index is 12.4. The Bertz CT molecular complexity index is 457. The summed E-state index contributed by atoms with van der Waals surface area (Å²) in [4.78, 5) is 11.3. The molecule has 1 saturated carbocycles. The zero-order valence-corrected chi connectivity index (χ0v) is 12.6. The van der Waals surface area contributed by atoms with Crippen LogP contribution in [0.1, 0.15) is 19.3 Å². The molecule has 0 amide bonds. The largest absolute Gasteiger partial charge is 0.468 e. The minimum absolute atomic E-state index is 0.205. The predicted octanol–water partition coefficient (Wildman–Crippen LogP) is -0.542. The van der Waals surface area contributed by atoms with E-state index in [9.17, 15) is 13.2 Å².